The van der Waals surface area contributed by atoms with Crippen molar-refractivity contribution >= 4 is 23.2 Å². The number of aromatic nitrogens is 1. The number of hydrogen-bond donors (Lipinski definition) is 3. The lowest BCUT2D eigenvalue weighted by Gasteiger charge is -2.19. The van der Waals surface area contributed by atoms with Crippen molar-refractivity contribution < 1.29 is 9.18 Å². The Labute approximate surface area is 162 Å². The molecule has 1 aromatic carbocycles. The largest absolute Gasteiger partial charge is 0.356 e. The minimum absolute atomic E-state index is 0.115. The zero-order chi connectivity index (χ0) is 19.3. The molecule has 0 bridgehead atoms. The van der Waals surface area contributed by atoms with Crippen LogP contribution in [0.4, 0.5) is 4.39 Å². The lowest BCUT2D eigenvalue weighted by atomic mass is 9.95. The number of halogens is 1. The first kappa shape index (κ1) is 19.3. The monoisotopic (exact) mass is 389 g/mol. The number of rotatable bonds is 7. The Morgan fingerprint density at radius 2 is 2.00 bits per heavy atom. The van der Waals surface area contributed by atoms with E-state index in [0.717, 1.165) is 24.1 Å². The number of carbonyl (C=O) groups is 1. The molecule has 0 spiro atoms. The summed E-state index contributed by atoms with van der Waals surface area (Å²) >= 11 is 1.33. The fourth-order valence-corrected chi connectivity index (χ4v) is 3.73. The Morgan fingerprint density at radius 3 is 2.63 bits per heavy atom. The molecule has 8 heteroatoms. The smallest absolute Gasteiger partial charge is 0.263 e. The molecule has 3 rings (SSSR count). The third-order valence-electron chi connectivity index (χ3n) is 4.77. The quantitative estimate of drug-likeness (QED) is 0.385. The molecule has 1 amide bonds. The van der Waals surface area contributed by atoms with Crippen LogP contribution in [0.1, 0.15) is 33.8 Å². The van der Waals surface area contributed by atoms with Crippen molar-refractivity contribution in [2.24, 2.45) is 4.99 Å². The van der Waals surface area contributed by atoms with E-state index in [4.69, 9.17) is 0 Å². The summed E-state index contributed by atoms with van der Waals surface area (Å²) < 4.78 is 14.1. The Hall–Kier alpha value is -2.48. The van der Waals surface area contributed by atoms with Gasteiger partial charge in [-0.05, 0) is 31.4 Å². The number of aliphatic imine (C=N–C) groups is 1. The van der Waals surface area contributed by atoms with Crippen molar-refractivity contribution in [3.05, 3.63) is 51.7 Å². The van der Waals surface area contributed by atoms with E-state index in [1.807, 2.05) is 19.1 Å². The Kier molecular flexibility index (Phi) is 6.05. The van der Waals surface area contributed by atoms with Crippen LogP contribution in [-0.4, -0.2) is 43.5 Å². The maximum atomic E-state index is 14.1. The molecule has 27 heavy (non-hydrogen) atoms. The van der Waals surface area contributed by atoms with Gasteiger partial charge in [0.05, 0.1) is 11.2 Å². The molecule has 0 aliphatic heterocycles. The van der Waals surface area contributed by atoms with Gasteiger partial charge < -0.3 is 16.0 Å². The number of amides is 1. The fraction of sp³-hybridized carbons (Fsp3) is 0.421. The average molecular weight is 390 g/mol. The summed E-state index contributed by atoms with van der Waals surface area (Å²) in [6.07, 6.45) is 1.92. The van der Waals surface area contributed by atoms with E-state index >= 15 is 0 Å². The average Bonchev–Trinajstić information content (AvgIpc) is 3.33. The van der Waals surface area contributed by atoms with Crippen molar-refractivity contribution in [1.82, 2.24) is 20.9 Å². The van der Waals surface area contributed by atoms with Gasteiger partial charge in [-0.15, -0.1) is 11.3 Å². The summed E-state index contributed by atoms with van der Waals surface area (Å²) in [5.74, 6) is 0.373. The van der Waals surface area contributed by atoms with Crippen LogP contribution < -0.4 is 16.0 Å². The van der Waals surface area contributed by atoms with Crippen LogP contribution in [0, 0.1) is 12.7 Å². The van der Waals surface area contributed by atoms with Crippen LogP contribution in [0.3, 0.4) is 0 Å². The van der Waals surface area contributed by atoms with Gasteiger partial charge in [-0.2, -0.15) is 0 Å². The van der Waals surface area contributed by atoms with Crippen LogP contribution in [0.2, 0.25) is 0 Å². The van der Waals surface area contributed by atoms with Crippen molar-refractivity contribution in [3.8, 4) is 0 Å². The lowest BCUT2D eigenvalue weighted by molar-refractivity contribution is 0.0957. The molecular weight excluding hydrogens is 365 g/mol. The van der Waals surface area contributed by atoms with Crippen LogP contribution in [0.25, 0.3) is 0 Å². The van der Waals surface area contributed by atoms with E-state index in [1.54, 1.807) is 18.6 Å². The molecule has 1 aliphatic rings. The maximum absolute atomic E-state index is 14.1. The Balaban J connectivity index is 1.43. The molecule has 0 radical (unpaired) electrons. The minimum Gasteiger partial charge on any atom is -0.356 e. The van der Waals surface area contributed by atoms with E-state index in [2.05, 4.69) is 25.9 Å². The maximum Gasteiger partial charge on any atom is 0.263 e. The van der Waals surface area contributed by atoms with Crippen molar-refractivity contribution in [3.63, 3.8) is 0 Å². The van der Waals surface area contributed by atoms with Gasteiger partial charge in [-0.3, -0.25) is 9.79 Å². The summed E-state index contributed by atoms with van der Waals surface area (Å²) in [6.45, 7) is 3.45. The fourth-order valence-electron chi connectivity index (χ4n) is 3.01. The summed E-state index contributed by atoms with van der Waals surface area (Å²) in [7, 11) is 1.69. The van der Waals surface area contributed by atoms with Crippen molar-refractivity contribution in [2.45, 2.75) is 25.2 Å². The second-order valence-electron chi connectivity index (χ2n) is 6.64. The highest BCUT2D eigenvalue weighted by Gasteiger charge is 2.45. The van der Waals surface area contributed by atoms with Gasteiger partial charge in [0.25, 0.3) is 5.91 Å². The molecule has 1 heterocycles. The second kappa shape index (κ2) is 8.47. The van der Waals surface area contributed by atoms with Gasteiger partial charge in [-0.1, -0.05) is 18.2 Å². The van der Waals surface area contributed by atoms with E-state index in [1.165, 1.54) is 17.4 Å². The highest BCUT2D eigenvalue weighted by molar-refractivity contribution is 7.11. The molecule has 144 valence electrons. The Morgan fingerprint density at radius 1 is 1.26 bits per heavy atom. The molecule has 1 aromatic heterocycles. The normalized spacial score (nSPS) is 15.3. The van der Waals surface area contributed by atoms with Gasteiger partial charge in [0.1, 0.15) is 10.7 Å². The molecule has 0 atom stereocenters. The third kappa shape index (κ3) is 4.63. The molecular formula is C19H24FN5OS. The van der Waals surface area contributed by atoms with Crippen LogP contribution in [0.15, 0.2) is 34.8 Å². The minimum atomic E-state index is -0.152. The van der Waals surface area contributed by atoms with Crippen LogP contribution >= 0.6 is 11.3 Å². The number of nitrogens with one attached hydrogen (secondary N) is 3. The molecule has 0 saturated heterocycles. The van der Waals surface area contributed by atoms with E-state index in [-0.39, 0.29) is 17.1 Å². The number of carbonyl (C=O) groups excluding carboxylic acids is 1. The first-order chi connectivity index (χ1) is 13.1. The first-order valence-corrected chi connectivity index (χ1v) is 9.81. The van der Waals surface area contributed by atoms with E-state index in [0.29, 0.717) is 30.5 Å². The van der Waals surface area contributed by atoms with Crippen LogP contribution in [-0.2, 0) is 5.41 Å². The van der Waals surface area contributed by atoms with E-state index in [9.17, 15) is 9.18 Å². The summed E-state index contributed by atoms with van der Waals surface area (Å²) in [5, 5.41) is 9.30. The molecule has 0 unspecified atom stereocenters. The number of hydrogen-bond acceptors (Lipinski definition) is 4. The third-order valence-corrected chi connectivity index (χ3v) is 5.70. The van der Waals surface area contributed by atoms with Gasteiger partial charge in [-0.25, -0.2) is 9.37 Å². The SMILES string of the molecule is CN=C(NCCNC(=O)c1scnc1C)NCC1(c2ccccc2F)CC1. The second-order valence-corrected chi connectivity index (χ2v) is 7.49. The molecule has 1 saturated carbocycles. The molecule has 1 fully saturated rings. The molecule has 3 N–H and O–H groups in total. The molecule has 2 aromatic rings. The predicted octanol–water partition coefficient (Wildman–Crippen LogP) is 2.22. The highest BCUT2D eigenvalue weighted by Crippen LogP contribution is 2.48. The number of aryl methyl sites for hydroxylation is 1. The molecule has 6 nitrogen and oxygen atoms in total. The first-order valence-electron chi connectivity index (χ1n) is 8.93. The van der Waals surface area contributed by atoms with E-state index < -0.39 is 0 Å². The number of guanidine groups is 1. The van der Waals surface area contributed by atoms with Crippen LogP contribution in [0.5, 0.6) is 0 Å². The van der Waals surface area contributed by atoms with Gasteiger partial charge in [0.2, 0.25) is 0 Å². The lowest BCUT2D eigenvalue weighted by Crippen LogP contribution is -2.44. The Bertz CT molecular complexity index is 831. The van der Waals surface area contributed by atoms with Gasteiger partial charge >= 0.3 is 0 Å². The predicted molar refractivity (Wildman–Crippen MR) is 106 cm³/mol. The summed E-state index contributed by atoms with van der Waals surface area (Å²) in [6, 6.07) is 6.96. The van der Waals surface area contributed by atoms with Crippen molar-refractivity contribution in [2.75, 3.05) is 26.7 Å². The topological polar surface area (TPSA) is 78.4 Å². The number of benzene rings is 1. The van der Waals surface area contributed by atoms with Crippen molar-refractivity contribution in [1.29, 1.82) is 0 Å². The standard InChI is InChI=1S/C19H24FN5OS/c1-13-16(27-12-25-13)17(26)22-9-10-23-18(21-2)24-11-19(7-8-19)14-5-3-4-6-15(14)20/h3-6,12H,7-11H2,1-2H3,(H,22,26)(H2,21,23,24). The summed E-state index contributed by atoms with van der Waals surface area (Å²) in [5.41, 5.74) is 3.02. The number of nitrogens with zero attached hydrogens (tertiary/aromatic N) is 2. The zero-order valence-corrected chi connectivity index (χ0v) is 16.3. The van der Waals surface area contributed by atoms with Gasteiger partial charge in [0, 0.05) is 32.1 Å². The zero-order valence-electron chi connectivity index (χ0n) is 15.5. The van der Waals surface area contributed by atoms with Gasteiger partial charge in [0.15, 0.2) is 5.96 Å². The highest BCUT2D eigenvalue weighted by atomic mass is 32.1. The molecule has 1 aliphatic carbocycles. The summed E-state index contributed by atoms with van der Waals surface area (Å²) in [4.78, 5) is 21.0. The number of thiazole rings is 1.